The molecule has 0 spiro atoms. The molecule has 0 fully saturated rings. The van der Waals surface area contributed by atoms with Gasteiger partial charge in [-0.1, -0.05) is 30.3 Å². The molecule has 0 aliphatic carbocycles. The molecule has 0 bridgehead atoms. The van der Waals surface area contributed by atoms with E-state index in [2.05, 4.69) is 4.74 Å². The fourth-order valence-electron chi connectivity index (χ4n) is 1.33. The van der Waals surface area contributed by atoms with Crippen molar-refractivity contribution < 1.29 is 29.0 Å². The zero-order valence-electron chi connectivity index (χ0n) is 11.9. The number of esters is 1. The molecule has 109 valence electrons. The zero-order valence-corrected chi connectivity index (χ0v) is 13.9. The summed E-state index contributed by atoms with van der Waals surface area (Å²) in [5.74, 6) is -2.56. The smallest absolute Gasteiger partial charge is 0.408 e. The van der Waals surface area contributed by atoms with Crippen LogP contribution in [0.4, 0.5) is 4.79 Å². The number of carbonyl (C=O) groups excluding carboxylic acids is 2. The Labute approximate surface area is 143 Å². The van der Waals surface area contributed by atoms with Gasteiger partial charge in [0.1, 0.15) is 6.61 Å². The molecule has 0 saturated heterocycles. The first-order valence-corrected chi connectivity index (χ1v) is 5.91. The summed E-state index contributed by atoms with van der Waals surface area (Å²) < 4.78 is 9.35. The van der Waals surface area contributed by atoms with Crippen molar-refractivity contribution >= 4 is 47.6 Å². The molecule has 1 amide bonds. The molecule has 1 radical (unpaired) electrons. The molecular weight excluding hydrogens is 289 g/mol. The summed E-state index contributed by atoms with van der Waals surface area (Å²) in [5, 5.41) is 10.8. The summed E-state index contributed by atoms with van der Waals surface area (Å²) in [5.41, 5.74) is 0.741. The van der Waals surface area contributed by atoms with E-state index in [9.17, 15) is 14.4 Å². The van der Waals surface area contributed by atoms with Gasteiger partial charge in [-0.05, 0) is 12.5 Å². The Kier molecular flexibility index (Phi) is 9.44. The van der Waals surface area contributed by atoms with Gasteiger partial charge in [0, 0.05) is 29.6 Å². The number of nitrogens with one attached hydrogen (secondary N) is 1. The quantitative estimate of drug-likeness (QED) is 0.452. The second-order valence-electron chi connectivity index (χ2n) is 3.73. The van der Waals surface area contributed by atoms with Crippen molar-refractivity contribution in [3.05, 3.63) is 35.9 Å². The average molecular weight is 304 g/mol. The molecule has 2 N–H and O–H groups in total. The van der Waals surface area contributed by atoms with Crippen molar-refractivity contribution in [1.82, 2.24) is 5.32 Å². The molecule has 1 atom stereocenters. The summed E-state index contributed by atoms with van der Waals surface area (Å²) >= 11 is 0. The summed E-state index contributed by atoms with van der Waals surface area (Å²) in [6.45, 7) is 1.52. The number of hydrogen-bond donors (Lipinski definition) is 2. The Morgan fingerprint density at radius 1 is 1.19 bits per heavy atom. The molecule has 0 aliphatic heterocycles. The number of alkyl carbamates (subject to hydrolysis) is 1. The molecule has 0 saturated carbocycles. The maximum Gasteiger partial charge on any atom is 0.408 e. The molecule has 1 aromatic rings. The van der Waals surface area contributed by atoms with E-state index in [4.69, 9.17) is 9.84 Å². The SMILES string of the molecule is CCOC(=O)C(NC(=O)OCc1ccccc1)C(=O)O.[Na]. The van der Waals surface area contributed by atoms with Crippen LogP contribution >= 0.6 is 0 Å². The minimum absolute atomic E-state index is 0. The number of hydrogen-bond acceptors (Lipinski definition) is 5. The second-order valence-corrected chi connectivity index (χ2v) is 3.73. The summed E-state index contributed by atoms with van der Waals surface area (Å²) in [4.78, 5) is 33.6. The van der Waals surface area contributed by atoms with Gasteiger partial charge in [-0.15, -0.1) is 0 Å². The number of carboxylic acids is 1. The van der Waals surface area contributed by atoms with Gasteiger partial charge < -0.3 is 14.6 Å². The van der Waals surface area contributed by atoms with Crippen LogP contribution in [0.1, 0.15) is 12.5 Å². The van der Waals surface area contributed by atoms with Crippen LogP contribution in [0.5, 0.6) is 0 Å². The molecule has 0 heterocycles. The number of carboxylic acid groups (broad SMARTS) is 1. The third kappa shape index (κ3) is 7.12. The van der Waals surface area contributed by atoms with Crippen LogP contribution in [0, 0.1) is 0 Å². The standard InChI is InChI=1S/C13H15NO6.Na/c1-2-19-12(17)10(11(15)16)14-13(18)20-8-9-6-4-3-5-7-9;/h3-7,10H,2,8H2,1H3,(H,14,18)(H,15,16);. The van der Waals surface area contributed by atoms with E-state index in [0.717, 1.165) is 5.56 Å². The number of aliphatic carboxylic acids is 1. The minimum atomic E-state index is -1.78. The maximum atomic E-state index is 11.4. The van der Waals surface area contributed by atoms with Crippen LogP contribution in [0.3, 0.4) is 0 Å². The van der Waals surface area contributed by atoms with Gasteiger partial charge in [-0.2, -0.15) is 0 Å². The van der Waals surface area contributed by atoms with Gasteiger partial charge in [-0.25, -0.2) is 14.4 Å². The van der Waals surface area contributed by atoms with E-state index in [0.29, 0.717) is 0 Å². The van der Waals surface area contributed by atoms with Gasteiger partial charge >= 0.3 is 18.0 Å². The molecule has 1 rings (SSSR count). The minimum Gasteiger partial charge on any atom is -0.479 e. The van der Waals surface area contributed by atoms with Crippen molar-refractivity contribution in [2.75, 3.05) is 6.61 Å². The predicted molar refractivity (Wildman–Crippen MR) is 73.6 cm³/mol. The normalized spacial score (nSPS) is 10.7. The van der Waals surface area contributed by atoms with Crippen LogP contribution in [0.2, 0.25) is 0 Å². The van der Waals surface area contributed by atoms with Crippen LogP contribution in [0.25, 0.3) is 0 Å². The Balaban J connectivity index is 0.00000400. The first-order valence-electron chi connectivity index (χ1n) is 5.91. The van der Waals surface area contributed by atoms with E-state index in [1.807, 2.05) is 11.4 Å². The van der Waals surface area contributed by atoms with Crippen molar-refractivity contribution in [3.63, 3.8) is 0 Å². The van der Waals surface area contributed by atoms with Crippen LogP contribution in [-0.4, -0.2) is 65.3 Å². The molecule has 7 nitrogen and oxygen atoms in total. The summed E-state index contributed by atoms with van der Waals surface area (Å²) in [7, 11) is 0. The fraction of sp³-hybridized carbons (Fsp3) is 0.308. The number of amides is 1. The topological polar surface area (TPSA) is 102 Å². The van der Waals surface area contributed by atoms with E-state index in [1.54, 1.807) is 24.3 Å². The van der Waals surface area contributed by atoms with Crippen molar-refractivity contribution in [1.29, 1.82) is 0 Å². The maximum absolute atomic E-state index is 11.4. The molecule has 1 aromatic carbocycles. The van der Waals surface area contributed by atoms with E-state index in [-0.39, 0.29) is 42.8 Å². The number of carbonyl (C=O) groups is 3. The third-order valence-corrected chi connectivity index (χ3v) is 2.24. The van der Waals surface area contributed by atoms with Crippen LogP contribution in [-0.2, 0) is 25.7 Å². The van der Waals surface area contributed by atoms with Crippen LogP contribution < -0.4 is 5.32 Å². The van der Waals surface area contributed by atoms with Gasteiger partial charge in [-0.3, -0.25) is 5.32 Å². The van der Waals surface area contributed by atoms with Crippen molar-refractivity contribution in [2.24, 2.45) is 0 Å². The third-order valence-electron chi connectivity index (χ3n) is 2.24. The number of ether oxygens (including phenoxy) is 2. The van der Waals surface area contributed by atoms with E-state index < -0.39 is 24.1 Å². The van der Waals surface area contributed by atoms with Gasteiger partial charge in [0.2, 0.25) is 6.04 Å². The van der Waals surface area contributed by atoms with E-state index >= 15 is 0 Å². The fourth-order valence-corrected chi connectivity index (χ4v) is 1.33. The second kappa shape index (κ2) is 10.2. The number of benzene rings is 1. The zero-order chi connectivity index (χ0) is 15.0. The molecule has 1 unspecified atom stereocenters. The molecule has 21 heavy (non-hydrogen) atoms. The first-order chi connectivity index (χ1) is 9.54. The van der Waals surface area contributed by atoms with Crippen molar-refractivity contribution in [3.8, 4) is 0 Å². The van der Waals surface area contributed by atoms with Gasteiger partial charge in [0.15, 0.2) is 0 Å². The number of rotatable bonds is 6. The van der Waals surface area contributed by atoms with E-state index in [1.165, 1.54) is 6.92 Å². The monoisotopic (exact) mass is 304 g/mol. The summed E-state index contributed by atoms with van der Waals surface area (Å²) in [6, 6.07) is 7.06. The largest absolute Gasteiger partial charge is 0.479 e. The summed E-state index contributed by atoms with van der Waals surface area (Å²) in [6.07, 6.45) is -1.01. The molecule has 0 aromatic heterocycles. The molecular formula is C13H15NNaO6. The van der Waals surface area contributed by atoms with Crippen LogP contribution in [0.15, 0.2) is 30.3 Å². The van der Waals surface area contributed by atoms with Crippen molar-refractivity contribution in [2.45, 2.75) is 19.6 Å². The van der Waals surface area contributed by atoms with Gasteiger partial charge in [0.25, 0.3) is 0 Å². The molecule has 0 aliphatic rings. The Morgan fingerprint density at radius 2 is 1.81 bits per heavy atom. The Hall–Kier alpha value is -1.57. The Morgan fingerprint density at radius 3 is 2.33 bits per heavy atom. The first kappa shape index (κ1) is 19.4. The van der Waals surface area contributed by atoms with Gasteiger partial charge in [0.05, 0.1) is 6.61 Å². The average Bonchev–Trinajstić information content (AvgIpc) is 2.43. The predicted octanol–water partition coefficient (Wildman–Crippen LogP) is 0.548. The molecule has 8 heteroatoms. The Bertz CT molecular complexity index is 479.